The van der Waals surface area contributed by atoms with Crippen molar-refractivity contribution in [1.82, 2.24) is 10.2 Å². The lowest BCUT2D eigenvalue weighted by Crippen LogP contribution is -2.31. The molecule has 1 aliphatic heterocycles. The molecule has 86 valence electrons. The molecule has 2 atom stereocenters. The maximum atomic E-state index is 11.1. The number of carbonyl (C=O) groups is 1. The van der Waals surface area contributed by atoms with Gasteiger partial charge < -0.3 is 15.0 Å². The minimum Gasteiger partial charge on any atom is -0.468 e. The lowest BCUT2D eigenvalue weighted by Gasteiger charge is -2.17. The van der Waals surface area contributed by atoms with Gasteiger partial charge in [-0.3, -0.25) is 4.79 Å². The van der Waals surface area contributed by atoms with Crippen molar-refractivity contribution >= 4 is 30.8 Å². The van der Waals surface area contributed by atoms with Crippen LogP contribution in [0, 0.1) is 0 Å². The lowest BCUT2D eigenvalue weighted by atomic mass is 10.1. The van der Waals surface area contributed by atoms with Gasteiger partial charge in [-0.25, -0.2) is 0 Å². The van der Waals surface area contributed by atoms with E-state index in [1.165, 1.54) is 7.11 Å². The molecule has 1 fully saturated rings. The van der Waals surface area contributed by atoms with E-state index in [9.17, 15) is 4.79 Å². The second-order valence-corrected chi connectivity index (χ2v) is 3.34. The highest BCUT2D eigenvalue weighted by molar-refractivity contribution is 5.85. The first-order valence-electron chi connectivity index (χ1n) is 4.12. The largest absolute Gasteiger partial charge is 0.468 e. The summed E-state index contributed by atoms with van der Waals surface area (Å²) in [7, 11) is 5.46. The quantitative estimate of drug-likeness (QED) is 0.710. The number of nitrogens with zero attached hydrogens (tertiary/aromatic N) is 1. The van der Waals surface area contributed by atoms with E-state index >= 15 is 0 Å². The third-order valence-corrected chi connectivity index (χ3v) is 2.32. The Morgan fingerprint density at radius 2 is 2.00 bits per heavy atom. The van der Waals surface area contributed by atoms with E-state index in [0.29, 0.717) is 6.04 Å². The topological polar surface area (TPSA) is 41.6 Å². The second kappa shape index (κ2) is 7.29. The summed E-state index contributed by atoms with van der Waals surface area (Å²) in [5.74, 6) is -0.153. The van der Waals surface area contributed by atoms with E-state index in [0.717, 1.165) is 13.0 Å². The van der Waals surface area contributed by atoms with Crippen LogP contribution < -0.4 is 5.32 Å². The fourth-order valence-corrected chi connectivity index (χ4v) is 1.43. The maximum Gasteiger partial charge on any atom is 0.322 e. The van der Waals surface area contributed by atoms with Crippen molar-refractivity contribution < 1.29 is 9.53 Å². The highest BCUT2D eigenvalue weighted by atomic mass is 35.5. The van der Waals surface area contributed by atoms with E-state index in [4.69, 9.17) is 0 Å². The molecule has 1 N–H and O–H groups in total. The zero-order chi connectivity index (χ0) is 9.14. The van der Waals surface area contributed by atoms with Crippen LogP contribution in [-0.2, 0) is 9.53 Å². The Hall–Kier alpha value is -0.0300. The molecule has 0 aromatic carbocycles. The summed E-state index contributed by atoms with van der Waals surface area (Å²) in [5.41, 5.74) is 0. The molecule has 0 saturated carbocycles. The Labute approximate surface area is 97.2 Å². The summed E-state index contributed by atoms with van der Waals surface area (Å²) in [6.07, 6.45) is 0.847. The summed E-state index contributed by atoms with van der Waals surface area (Å²) in [6.45, 7) is 0.868. The lowest BCUT2D eigenvalue weighted by molar-refractivity contribution is -0.142. The van der Waals surface area contributed by atoms with E-state index in [2.05, 4.69) is 15.0 Å². The number of esters is 1. The molecule has 14 heavy (non-hydrogen) atoms. The van der Waals surface area contributed by atoms with Gasteiger partial charge in [0.15, 0.2) is 0 Å². The van der Waals surface area contributed by atoms with E-state index in [-0.39, 0.29) is 36.8 Å². The number of hydrogen-bond acceptors (Lipinski definition) is 4. The molecule has 1 heterocycles. The minimum absolute atomic E-state index is 0. The molecule has 1 aliphatic rings. The Balaban J connectivity index is 0. The van der Waals surface area contributed by atoms with Crippen LogP contribution in [0.25, 0.3) is 0 Å². The molecule has 1 saturated heterocycles. The predicted molar refractivity (Wildman–Crippen MR) is 60.4 cm³/mol. The van der Waals surface area contributed by atoms with Gasteiger partial charge in [-0.2, -0.15) is 0 Å². The van der Waals surface area contributed by atoms with Crippen molar-refractivity contribution in [1.29, 1.82) is 0 Å². The molecule has 0 amide bonds. The van der Waals surface area contributed by atoms with Crippen molar-refractivity contribution in [3.05, 3.63) is 0 Å². The molecule has 0 aromatic rings. The fraction of sp³-hybridized carbons (Fsp3) is 0.875. The van der Waals surface area contributed by atoms with Crippen LogP contribution in [0.2, 0.25) is 0 Å². The fourth-order valence-electron chi connectivity index (χ4n) is 1.43. The number of ether oxygens (including phenoxy) is 1. The molecule has 0 aliphatic carbocycles. The van der Waals surface area contributed by atoms with E-state index in [1.54, 1.807) is 0 Å². The maximum absolute atomic E-state index is 11.1. The molecule has 6 heteroatoms. The normalized spacial score (nSPS) is 25.1. The molecular weight excluding hydrogens is 227 g/mol. The highest BCUT2D eigenvalue weighted by Crippen LogP contribution is 2.11. The van der Waals surface area contributed by atoms with Gasteiger partial charge in [0.05, 0.1) is 7.11 Å². The smallest absolute Gasteiger partial charge is 0.322 e. The van der Waals surface area contributed by atoms with Gasteiger partial charge in [0, 0.05) is 12.6 Å². The Kier molecular flexibility index (Phi) is 8.54. The van der Waals surface area contributed by atoms with E-state index < -0.39 is 0 Å². The molecule has 0 spiro atoms. The molecule has 1 rings (SSSR count). The number of carbonyl (C=O) groups excluding carboxylic acids is 1. The number of hydrogen-bond donors (Lipinski definition) is 1. The molecule has 0 bridgehead atoms. The molecular formula is C8H18Cl2N2O2. The number of likely N-dealkylation sites (N-methyl/N-ethyl adjacent to an activating group) is 1. The predicted octanol–water partition coefficient (Wildman–Crippen LogP) is 0.295. The number of nitrogens with one attached hydrogen (secondary N) is 1. The van der Waals surface area contributed by atoms with Crippen LogP contribution in [0.1, 0.15) is 6.42 Å². The number of rotatable bonds is 2. The Bertz CT molecular complexity index is 179. The van der Waals surface area contributed by atoms with Crippen molar-refractivity contribution in [3.8, 4) is 0 Å². The standard InChI is InChI=1S/C8H16N2O2.2ClH/c1-10(2)6-4-7(9-5-6)8(11)12-3;;/h6-7,9H,4-5H2,1-3H3;2*1H. The SMILES string of the molecule is COC(=O)C1CC(N(C)C)CN1.Cl.Cl. The molecule has 4 nitrogen and oxygen atoms in total. The summed E-state index contributed by atoms with van der Waals surface area (Å²) in [4.78, 5) is 13.2. The van der Waals surface area contributed by atoms with Crippen LogP contribution in [0.3, 0.4) is 0 Å². The summed E-state index contributed by atoms with van der Waals surface area (Å²) in [6, 6.07) is 0.344. The van der Waals surface area contributed by atoms with E-state index in [1.807, 2.05) is 14.1 Å². The minimum atomic E-state index is -0.153. The van der Waals surface area contributed by atoms with Crippen LogP contribution in [-0.4, -0.2) is 50.7 Å². The Morgan fingerprint density at radius 1 is 1.43 bits per heavy atom. The van der Waals surface area contributed by atoms with Gasteiger partial charge in [0.2, 0.25) is 0 Å². The van der Waals surface area contributed by atoms with Gasteiger partial charge >= 0.3 is 5.97 Å². The zero-order valence-electron chi connectivity index (χ0n) is 8.65. The van der Waals surface area contributed by atoms with Crippen LogP contribution >= 0.6 is 24.8 Å². The number of methoxy groups -OCH3 is 1. The monoisotopic (exact) mass is 244 g/mol. The van der Waals surface area contributed by atoms with Gasteiger partial charge in [-0.1, -0.05) is 0 Å². The second-order valence-electron chi connectivity index (χ2n) is 3.34. The Morgan fingerprint density at radius 3 is 2.36 bits per heavy atom. The average Bonchev–Trinajstić information content (AvgIpc) is 2.51. The van der Waals surface area contributed by atoms with Crippen molar-refractivity contribution in [2.24, 2.45) is 0 Å². The van der Waals surface area contributed by atoms with Crippen LogP contribution in [0.15, 0.2) is 0 Å². The first-order valence-corrected chi connectivity index (χ1v) is 4.12. The van der Waals surface area contributed by atoms with Crippen LogP contribution in [0.4, 0.5) is 0 Å². The van der Waals surface area contributed by atoms with Gasteiger partial charge in [0.25, 0.3) is 0 Å². The zero-order valence-corrected chi connectivity index (χ0v) is 10.3. The van der Waals surface area contributed by atoms with Crippen molar-refractivity contribution in [3.63, 3.8) is 0 Å². The number of halogens is 2. The highest BCUT2D eigenvalue weighted by Gasteiger charge is 2.30. The van der Waals surface area contributed by atoms with Crippen molar-refractivity contribution in [2.45, 2.75) is 18.5 Å². The third-order valence-electron chi connectivity index (χ3n) is 2.32. The summed E-state index contributed by atoms with van der Waals surface area (Å²) in [5, 5.41) is 3.12. The van der Waals surface area contributed by atoms with Gasteiger partial charge in [0.1, 0.15) is 6.04 Å². The van der Waals surface area contributed by atoms with Gasteiger partial charge in [-0.05, 0) is 20.5 Å². The summed E-state index contributed by atoms with van der Waals surface area (Å²) < 4.78 is 4.64. The van der Waals surface area contributed by atoms with Gasteiger partial charge in [-0.15, -0.1) is 24.8 Å². The molecule has 0 aromatic heterocycles. The average molecular weight is 245 g/mol. The van der Waals surface area contributed by atoms with Crippen molar-refractivity contribution in [2.75, 3.05) is 27.7 Å². The first kappa shape index (κ1) is 16.4. The molecule has 2 unspecified atom stereocenters. The van der Waals surface area contributed by atoms with Crippen LogP contribution in [0.5, 0.6) is 0 Å². The summed E-state index contributed by atoms with van der Waals surface area (Å²) >= 11 is 0. The molecule has 0 radical (unpaired) electrons. The third kappa shape index (κ3) is 4.00. The first-order chi connectivity index (χ1) is 5.65.